The van der Waals surface area contributed by atoms with Crippen LogP contribution in [0.15, 0.2) is 95.5 Å². The predicted molar refractivity (Wildman–Crippen MR) is 216 cm³/mol. The summed E-state index contributed by atoms with van der Waals surface area (Å²) in [5.41, 5.74) is 6.49. The summed E-state index contributed by atoms with van der Waals surface area (Å²) in [6.07, 6.45) is 0.320. The van der Waals surface area contributed by atoms with E-state index in [0.29, 0.717) is 38.1 Å². The molecule has 0 saturated carbocycles. The number of carbonyl (C=O) groups excluding carboxylic acids is 3. The van der Waals surface area contributed by atoms with E-state index in [1.165, 1.54) is 4.90 Å². The lowest BCUT2D eigenvalue weighted by Gasteiger charge is -2.30. The Morgan fingerprint density at radius 1 is 0.895 bits per heavy atom. The van der Waals surface area contributed by atoms with Gasteiger partial charge in [-0.3, -0.25) is 9.69 Å². The van der Waals surface area contributed by atoms with Crippen molar-refractivity contribution in [2.75, 3.05) is 13.6 Å². The molecular weight excluding hydrogens is 723 g/mol. The highest BCUT2D eigenvalue weighted by molar-refractivity contribution is 5.87. The van der Waals surface area contributed by atoms with E-state index in [-0.39, 0.29) is 18.1 Å². The molecule has 298 valence electrons. The van der Waals surface area contributed by atoms with Crippen LogP contribution < -0.4 is 10.6 Å². The summed E-state index contributed by atoms with van der Waals surface area (Å²) in [4.78, 5) is 47.1. The highest BCUT2D eigenvalue weighted by atomic mass is 16.6. The zero-order chi connectivity index (χ0) is 40.7. The first-order valence-electron chi connectivity index (χ1n) is 19.3. The molecule has 2 atom stereocenters. The zero-order valence-corrected chi connectivity index (χ0v) is 33.4. The quantitative estimate of drug-likeness (QED) is 0.0946. The number of amides is 3. The molecule has 3 amide bonds. The molecule has 57 heavy (non-hydrogen) atoms. The second-order valence-electron chi connectivity index (χ2n) is 15.5. The maximum atomic E-state index is 14.6. The molecule has 0 bridgehead atoms. The molecule has 1 aliphatic rings. The third-order valence-corrected chi connectivity index (χ3v) is 10.0. The summed E-state index contributed by atoms with van der Waals surface area (Å²) in [6, 6.07) is 27.0. The summed E-state index contributed by atoms with van der Waals surface area (Å²) < 4.78 is 17.4. The maximum Gasteiger partial charge on any atom is 0.411 e. The van der Waals surface area contributed by atoms with Gasteiger partial charge in [-0.1, -0.05) is 84.0 Å². The highest BCUT2D eigenvalue weighted by Crippen LogP contribution is 2.45. The number of nitrogens with zero attached hydrogens (tertiary/aromatic N) is 3. The van der Waals surface area contributed by atoms with Crippen LogP contribution >= 0.6 is 0 Å². The number of unbranched alkanes of at least 4 members (excludes halogenated alkanes) is 1. The third kappa shape index (κ3) is 10.2. The number of carbonyl (C=O) groups is 3. The zero-order valence-electron chi connectivity index (χ0n) is 33.4. The van der Waals surface area contributed by atoms with E-state index in [2.05, 4.69) is 20.8 Å². The largest absolute Gasteiger partial charge is 0.508 e. The van der Waals surface area contributed by atoms with Crippen LogP contribution in [0.25, 0.3) is 11.1 Å². The second kappa shape index (κ2) is 17.7. The number of hydrogen-bond acceptors (Lipinski definition) is 9. The monoisotopic (exact) mass is 773 g/mol. The predicted octanol–water partition coefficient (Wildman–Crippen LogP) is 8.28. The average Bonchev–Trinajstić information content (AvgIpc) is 3.76. The van der Waals surface area contributed by atoms with E-state index in [1.807, 2.05) is 92.7 Å². The van der Waals surface area contributed by atoms with Crippen molar-refractivity contribution in [1.82, 2.24) is 25.7 Å². The van der Waals surface area contributed by atoms with Crippen molar-refractivity contribution in [2.24, 2.45) is 0 Å². The number of benzene rings is 4. The van der Waals surface area contributed by atoms with Gasteiger partial charge in [0.05, 0.1) is 0 Å². The Labute approximate surface area is 333 Å². The summed E-state index contributed by atoms with van der Waals surface area (Å²) in [5, 5.41) is 20.4. The second-order valence-corrected chi connectivity index (χ2v) is 15.5. The standard InChI is InChI=1S/C45H51N5O7/c1-28-24-31(51)25-29(2)36(28)27-38(50(6)44(54)55-40-34-20-12-10-18-32(34)33-19-11-13-21-35(33)40)41(52)47-37(22-14-15-23-46-43(53)56-45(3,4)5)42-48-39(49-57-42)26-30-16-8-7-9-17-30/h7-13,16-21,24-25,37-38,40,51H,14-15,22-23,26-27H2,1-6H3,(H,46,53)(H,47,52)/t37-,38+/m0/s1. The minimum Gasteiger partial charge on any atom is -0.508 e. The summed E-state index contributed by atoms with van der Waals surface area (Å²) >= 11 is 0. The maximum absolute atomic E-state index is 14.6. The fraction of sp³-hybridized carbons (Fsp3) is 0.356. The van der Waals surface area contributed by atoms with Crippen molar-refractivity contribution in [3.8, 4) is 16.9 Å². The van der Waals surface area contributed by atoms with Gasteiger partial charge in [0.15, 0.2) is 11.9 Å². The van der Waals surface area contributed by atoms with E-state index >= 15 is 0 Å². The summed E-state index contributed by atoms with van der Waals surface area (Å²) in [7, 11) is 1.56. The first-order valence-corrected chi connectivity index (χ1v) is 19.3. The fourth-order valence-electron chi connectivity index (χ4n) is 7.20. The smallest absolute Gasteiger partial charge is 0.411 e. The third-order valence-electron chi connectivity index (χ3n) is 10.0. The SMILES string of the molecule is Cc1cc(O)cc(C)c1C[C@H](C(=O)N[C@@H](CCCCNC(=O)OC(C)(C)C)c1nc(Cc2ccccc2)no1)N(C)C(=O)OC1c2ccccc2-c2ccccc21. The van der Waals surface area contributed by atoms with Gasteiger partial charge in [0.25, 0.3) is 0 Å². The summed E-state index contributed by atoms with van der Waals surface area (Å²) in [5.74, 6) is 0.361. The molecule has 5 aromatic rings. The molecule has 12 nitrogen and oxygen atoms in total. The molecule has 6 rings (SSSR count). The molecule has 0 aliphatic heterocycles. The lowest BCUT2D eigenvalue weighted by atomic mass is 9.94. The first kappa shape index (κ1) is 40.5. The molecule has 3 N–H and O–H groups in total. The van der Waals surface area contributed by atoms with E-state index in [9.17, 15) is 19.5 Å². The van der Waals surface area contributed by atoms with Gasteiger partial charge in [-0.25, -0.2) is 9.59 Å². The first-order chi connectivity index (χ1) is 27.3. The number of phenolic OH excluding ortho intramolecular Hbond substituents is 1. The van der Waals surface area contributed by atoms with Crippen LogP contribution in [0.3, 0.4) is 0 Å². The number of aryl methyl sites for hydroxylation is 2. The van der Waals surface area contributed by atoms with Crippen LogP contribution in [0.2, 0.25) is 0 Å². The number of nitrogens with one attached hydrogen (secondary N) is 2. The van der Waals surface area contributed by atoms with Crippen molar-refractivity contribution in [3.05, 3.63) is 136 Å². The van der Waals surface area contributed by atoms with E-state index in [1.54, 1.807) is 40.0 Å². The average molecular weight is 774 g/mol. The van der Waals surface area contributed by atoms with E-state index < -0.39 is 41.9 Å². The van der Waals surface area contributed by atoms with Crippen LogP contribution in [0.1, 0.15) is 97.3 Å². The number of likely N-dealkylation sites (N-methyl/N-ethyl adjacent to an activating group) is 1. The minimum atomic E-state index is -1.03. The Hall–Kier alpha value is -6.17. The number of fused-ring (bicyclic) bond motifs is 3. The molecule has 1 aromatic heterocycles. The number of phenols is 1. The normalized spacial score (nSPS) is 13.2. The van der Waals surface area contributed by atoms with E-state index in [4.69, 9.17) is 14.0 Å². The molecule has 0 fully saturated rings. The van der Waals surface area contributed by atoms with Gasteiger partial charge in [0.2, 0.25) is 11.8 Å². The Kier molecular flexibility index (Phi) is 12.6. The van der Waals surface area contributed by atoms with Crippen LogP contribution in [-0.4, -0.2) is 63.5 Å². The van der Waals surface area contributed by atoms with Crippen LogP contribution in [0, 0.1) is 13.8 Å². The number of ether oxygens (including phenoxy) is 2. The highest BCUT2D eigenvalue weighted by Gasteiger charge is 2.36. The lowest BCUT2D eigenvalue weighted by molar-refractivity contribution is -0.126. The van der Waals surface area contributed by atoms with E-state index in [0.717, 1.165) is 44.5 Å². The molecule has 4 aromatic carbocycles. The lowest BCUT2D eigenvalue weighted by Crippen LogP contribution is -2.50. The van der Waals surface area contributed by atoms with Crippen molar-refractivity contribution in [2.45, 2.75) is 90.5 Å². The Morgan fingerprint density at radius 2 is 1.51 bits per heavy atom. The van der Waals surface area contributed by atoms with Crippen LogP contribution in [0.4, 0.5) is 9.59 Å². The number of aromatic nitrogens is 2. The minimum absolute atomic E-state index is 0.116. The van der Waals surface area contributed by atoms with Crippen molar-refractivity contribution in [3.63, 3.8) is 0 Å². The van der Waals surface area contributed by atoms with Gasteiger partial charge in [-0.2, -0.15) is 4.98 Å². The number of alkyl carbamates (subject to hydrolysis) is 1. The Balaban J connectivity index is 1.25. The molecule has 12 heteroatoms. The molecule has 1 heterocycles. The Bertz CT molecular complexity index is 2130. The van der Waals surface area contributed by atoms with Gasteiger partial charge in [-0.05, 0) is 99.4 Å². The van der Waals surface area contributed by atoms with Gasteiger partial charge in [-0.15, -0.1) is 0 Å². The Morgan fingerprint density at radius 3 is 2.14 bits per heavy atom. The molecule has 0 radical (unpaired) electrons. The van der Waals surface area contributed by atoms with Gasteiger partial charge < -0.3 is 29.7 Å². The summed E-state index contributed by atoms with van der Waals surface area (Å²) in [6.45, 7) is 9.50. The van der Waals surface area contributed by atoms with Gasteiger partial charge >= 0.3 is 12.2 Å². The van der Waals surface area contributed by atoms with Gasteiger partial charge in [0.1, 0.15) is 23.4 Å². The number of aromatic hydroxyl groups is 1. The topological polar surface area (TPSA) is 156 Å². The van der Waals surface area contributed by atoms with Crippen molar-refractivity contribution >= 4 is 18.1 Å². The van der Waals surface area contributed by atoms with Crippen LogP contribution in [0.5, 0.6) is 5.75 Å². The molecule has 0 spiro atoms. The van der Waals surface area contributed by atoms with Crippen LogP contribution in [-0.2, 0) is 27.1 Å². The van der Waals surface area contributed by atoms with Crippen molar-refractivity contribution < 1.29 is 33.5 Å². The number of hydrogen-bond donors (Lipinski definition) is 3. The fourth-order valence-corrected chi connectivity index (χ4v) is 7.20. The van der Waals surface area contributed by atoms with Gasteiger partial charge in [0, 0.05) is 37.6 Å². The molecule has 0 saturated heterocycles. The molecular formula is C45H51N5O7. The number of rotatable bonds is 14. The molecule has 1 aliphatic carbocycles. The van der Waals surface area contributed by atoms with Crippen molar-refractivity contribution in [1.29, 1.82) is 0 Å². The molecule has 0 unspecified atom stereocenters.